The number of carbonyl (C=O) groups is 1. The number of nitrogens with zero attached hydrogens (tertiary/aromatic N) is 1. The Labute approximate surface area is 143 Å². The third kappa shape index (κ3) is 3.57. The normalized spacial score (nSPS) is 16.8. The van der Waals surface area contributed by atoms with Gasteiger partial charge in [-0.3, -0.25) is 4.79 Å². The fourth-order valence-electron chi connectivity index (χ4n) is 2.94. The average Bonchev–Trinajstić information content (AvgIpc) is 2.65. The fraction of sp³-hybridized carbons (Fsp3) is 0.316. The Hall–Kier alpha value is -1.98. The first-order valence-electron chi connectivity index (χ1n) is 8.12. The van der Waals surface area contributed by atoms with Gasteiger partial charge in [-0.25, -0.2) is 8.42 Å². The lowest BCUT2D eigenvalue weighted by atomic mass is 10.0. The second-order valence-corrected chi connectivity index (χ2v) is 8.15. The van der Waals surface area contributed by atoms with Crippen molar-refractivity contribution in [2.45, 2.75) is 37.6 Å². The molecule has 0 radical (unpaired) electrons. The first-order chi connectivity index (χ1) is 11.5. The van der Waals surface area contributed by atoms with E-state index in [9.17, 15) is 13.2 Å². The van der Waals surface area contributed by atoms with Crippen LogP contribution in [0.1, 0.15) is 29.5 Å². The zero-order valence-electron chi connectivity index (χ0n) is 13.7. The molecule has 5 heteroatoms. The lowest BCUT2D eigenvalue weighted by molar-refractivity contribution is -0.119. The lowest BCUT2D eigenvalue weighted by Gasteiger charge is -2.22. The molecule has 24 heavy (non-hydrogen) atoms. The maximum absolute atomic E-state index is 13.0. The Morgan fingerprint density at radius 3 is 2.25 bits per heavy atom. The van der Waals surface area contributed by atoms with Crippen molar-refractivity contribution in [2.24, 2.45) is 0 Å². The number of benzene rings is 2. The molecule has 0 aliphatic carbocycles. The van der Waals surface area contributed by atoms with Gasteiger partial charge in [-0.15, -0.1) is 0 Å². The first-order valence-corrected chi connectivity index (χ1v) is 9.56. The van der Waals surface area contributed by atoms with Crippen LogP contribution in [0.25, 0.3) is 0 Å². The van der Waals surface area contributed by atoms with Crippen molar-refractivity contribution >= 4 is 15.8 Å². The second-order valence-electron chi connectivity index (χ2n) is 6.21. The van der Waals surface area contributed by atoms with Gasteiger partial charge in [-0.2, -0.15) is 4.31 Å². The Balaban J connectivity index is 1.99. The highest BCUT2D eigenvalue weighted by Gasteiger charge is 2.26. The minimum atomic E-state index is -3.62. The molecular weight excluding hydrogens is 322 g/mol. The number of sulfonamides is 1. The van der Waals surface area contributed by atoms with Gasteiger partial charge < -0.3 is 0 Å². The zero-order chi connectivity index (χ0) is 17.2. The third-order valence-electron chi connectivity index (χ3n) is 4.44. The predicted octanol–water partition coefficient (Wildman–Crippen LogP) is 3.09. The van der Waals surface area contributed by atoms with E-state index < -0.39 is 10.0 Å². The largest absolute Gasteiger partial charge is 0.300 e. The zero-order valence-corrected chi connectivity index (χ0v) is 14.6. The molecule has 1 aliphatic heterocycles. The van der Waals surface area contributed by atoms with Crippen LogP contribution in [0.5, 0.6) is 0 Å². The van der Waals surface area contributed by atoms with E-state index >= 15 is 0 Å². The number of carbonyl (C=O) groups excluding carboxylic acids is 1. The van der Waals surface area contributed by atoms with E-state index in [0.717, 1.165) is 16.7 Å². The molecule has 1 heterocycles. The highest BCUT2D eigenvalue weighted by molar-refractivity contribution is 7.89. The first kappa shape index (κ1) is 16.9. The van der Waals surface area contributed by atoms with Crippen LogP contribution in [0.3, 0.4) is 0 Å². The molecule has 0 atom stereocenters. The monoisotopic (exact) mass is 343 g/mol. The van der Waals surface area contributed by atoms with Crippen LogP contribution in [0.15, 0.2) is 53.4 Å². The van der Waals surface area contributed by atoms with Gasteiger partial charge in [-0.1, -0.05) is 42.0 Å². The minimum absolute atomic E-state index is 0.107. The summed E-state index contributed by atoms with van der Waals surface area (Å²) in [4.78, 5) is 12.3. The van der Waals surface area contributed by atoms with Crippen LogP contribution in [-0.4, -0.2) is 25.1 Å². The van der Waals surface area contributed by atoms with Gasteiger partial charge >= 0.3 is 0 Å². The molecule has 1 aliphatic rings. The quantitative estimate of drug-likeness (QED) is 0.842. The number of hydrogen-bond acceptors (Lipinski definition) is 3. The minimum Gasteiger partial charge on any atom is -0.300 e. The molecule has 0 N–H and O–H groups in total. The molecule has 0 saturated carbocycles. The number of hydrogen-bond donors (Lipinski definition) is 0. The van der Waals surface area contributed by atoms with Gasteiger partial charge in [0, 0.05) is 25.9 Å². The van der Waals surface area contributed by atoms with E-state index in [4.69, 9.17) is 0 Å². The van der Waals surface area contributed by atoms with Crippen molar-refractivity contribution in [3.05, 3.63) is 65.2 Å². The van der Waals surface area contributed by atoms with Gasteiger partial charge in [0.05, 0.1) is 4.90 Å². The van der Waals surface area contributed by atoms with Crippen molar-refractivity contribution in [3.8, 4) is 0 Å². The van der Waals surface area contributed by atoms with Crippen LogP contribution in [0.2, 0.25) is 0 Å². The molecule has 0 saturated heterocycles. The third-order valence-corrected chi connectivity index (χ3v) is 6.30. The fourth-order valence-corrected chi connectivity index (χ4v) is 4.36. The van der Waals surface area contributed by atoms with E-state index in [1.54, 1.807) is 24.3 Å². The van der Waals surface area contributed by atoms with Gasteiger partial charge in [0.25, 0.3) is 0 Å². The van der Waals surface area contributed by atoms with Gasteiger partial charge in [0.15, 0.2) is 0 Å². The summed E-state index contributed by atoms with van der Waals surface area (Å²) in [5.74, 6) is 0.107. The summed E-state index contributed by atoms with van der Waals surface area (Å²) in [5.41, 5.74) is 3.04. The number of rotatable bonds is 2. The molecule has 0 unspecified atom stereocenters. The maximum Gasteiger partial charge on any atom is 0.243 e. The van der Waals surface area contributed by atoms with Crippen LogP contribution in [-0.2, 0) is 27.8 Å². The summed E-state index contributed by atoms with van der Waals surface area (Å²) in [7, 11) is -3.62. The summed E-state index contributed by atoms with van der Waals surface area (Å²) >= 11 is 0. The molecule has 0 spiro atoms. The van der Waals surface area contributed by atoms with E-state index in [0.29, 0.717) is 19.4 Å². The van der Waals surface area contributed by atoms with Crippen LogP contribution < -0.4 is 0 Å². The average molecular weight is 343 g/mol. The molecule has 0 amide bonds. The number of Topliss-reactive ketones (excluding diaryl/α,β-unsaturated/α-hetero) is 1. The predicted molar refractivity (Wildman–Crippen MR) is 93.2 cm³/mol. The SMILES string of the molecule is Cc1ccc(S(=O)(=O)N2CCC(=O)CCc3ccccc3C2)cc1. The van der Waals surface area contributed by atoms with E-state index in [2.05, 4.69) is 0 Å². The van der Waals surface area contributed by atoms with Crippen molar-refractivity contribution < 1.29 is 13.2 Å². The van der Waals surface area contributed by atoms with Crippen molar-refractivity contribution in [1.29, 1.82) is 0 Å². The Morgan fingerprint density at radius 2 is 1.54 bits per heavy atom. The topological polar surface area (TPSA) is 54.5 Å². The Kier molecular flexibility index (Phi) is 4.83. The van der Waals surface area contributed by atoms with E-state index in [1.165, 1.54) is 4.31 Å². The maximum atomic E-state index is 13.0. The standard InChI is InChI=1S/C19H21NO3S/c1-15-6-10-19(11-7-15)24(22,23)20-13-12-18(21)9-8-16-4-2-3-5-17(16)14-20/h2-7,10-11H,8-9,12-14H2,1H3. The lowest BCUT2D eigenvalue weighted by Crippen LogP contribution is -2.32. The summed E-state index contributed by atoms with van der Waals surface area (Å²) in [6.45, 7) is 2.45. The van der Waals surface area contributed by atoms with Gasteiger partial charge in [0.2, 0.25) is 10.0 Å². The molecular formula is C19H21NO3S. The summed E-state index contributed by atoms with van der Waals surface area (Å²) in [6, 6.07) is 14.6. The Morgan fingerprint density at radius 1 is 0.875 bits per heavy atom. The highest BCUT2D eigenvalue weighted by Crippen LogP contribution is 2.23. The molecule has 2 aromatic carbocycles. The van der Waals surface area contributed by atoms with Crippen LogP contribution in [0, 0.1) is 6.92 Å². The molecule has 0 aromatic heterocycles. The van der Waals surface area contributed by atoms with E-state index in [1.807, 2.05) is 31.2 Å². The van der Waals surface area contributed by atoms with Crippen LogP contribution in [0.4, 0.5) is 0 Å². The second kappa shape index (κ2) is 6.87. The summed E-state index contributed by atoms with van der Waals surface area (Å²) in [6.07, 6.45) is 1.40. The van der Waals surface area contributed by atoms with E-state index in [-0.39, 0.29) is 23.6 Å². The van der Waals surface area contributed by atoms with Crippen LogP contribution >= 0.6 is 0 Å². The molecule has 4 nitrogen and oxygen atoms in total. The molecule has 0 bridgehead atoms. The molecule has 3 rings (SSSR count). The van der Waals surface area contributed by atoms with Crippen molar-refractivity contribution in [3.63, 3.8) is 0 Å². The Bertz CT molecular complexity index is 841. The van der Waals surface area contributed by atoms with Crippen molar-refractivity contribution in [1.82, 2.24) is 4.31 Å². The molecule has 0 fully saturated rings. The summed E-state index contributed by atoms with van der Waals surface area (Å²) in [5, 5.41) is 0. The van der Waals surface area contributed by atoms with Crippen molar-refractivity contribution in [2.75, 3.05) is 6.54 Å². The van der Waals surface area contributed by atoms with Gasteiger partial charge in [0.1, 0.15) is 5.78 Å². The highest BCUT2D eigenvalue weighted by atomic mass is 32.2. The van der Waals surface area contributed by atoms with Gasteiger partial charge in [-0.05, 0) is 36.6 Å². The molecule has 126 valence electrons. The smallest absolute Gasteiger partial charge is 0.243 e. The number of aryl methyl sites for hydroxylation is 2. The number of ketones is 1. The number of fused-ring (bicyclic) bond motifs is 1. The summed E-state index contributed by atoms with van der Waals surface area (Å²) < 4.78 is 27.4. The molecule has 2 aromatic rings.